The van der Waals surface area contributed by atoms with Crippen LogP contribution in [0.4, 0.5) is 11.8 Å². The molecule has 0 aliphatic carbocycles. The van der Waals surface area contributed by atoms with Gasteiger partial charge >= 0.3 is 0 Å². The Kier molecular flexibility index (Phi) is 4.26. The zero-order valence-electron chi connectivity index (χ0n) is 12.6. The number of aliphatic hydroxyl groups excluding tert-OH is 1. The molecule has 1 atom stereocenters. The maximum absolute atomic E-state index is 9.18. The molecule has 0 saturated carbocycles. The van der Waals surface area contributed by atoms with Crippen molar-refractivity contribution >= 4 is 33.3 Å². The predicted octanol–water partition coefficient (Wildman–Crippen LogP) is 2.64. The molecular formula is C15H22N4OS. The number of fused-ring (bicyclic) bond motifs is 1. The van der Waals surface area contributed by atoms with Crippen molar-refractivity contribution in [3.05, 3.63) is 10.9 Å². The molecule has 114 valence electrons. The Labute approximate surface area is 129 Å². The third kappa shape index (κ3) is 2.96. The first kappa shape index (κ1) is 14.5. The summed E-state index contributed by atoms with van der Waals surface area (Å²) in [6.07, 6.45) is 3.24. The normalized spacial score (nSPS) is 19.2. The number of anilines is 2. The van der Waals surface area contributed by atoms with Crippen LogP contribution < -0.4 is 10.2 Å². The van der Waals surface area contributed by atoms with E-state index < -0.39 is 0 Å². The summed E-state index contributed by atoms with van der Waals surface area (Å²) in [7, 11) is 1.86. The van der Waals surface area contributed by atoms with Crippen molar-refractivity contribution < 1.29 is 5.11 Å². The highest BCUT2D eigenvalue weighted by Crippen LogP contribution is 2.34. The highest BCUT2D eigenvalue weighted by molar-refractivity contribution is 7.18. The van der Waals surface area contributed by atoms with Gasteiger partial charge in [0.05, 0.1) is 5.39 Å². The van der Waals surface area contributed by atoms with E-state index >= 15 is 0 Å². The molecule has 0 radical (unpaired) electrons. The Morgan fingerprint density at radius 3 is 3.10 bits per heavy atom. The lowest BCUT2D eigenvalue weighted by molar-refractivity contribution is 0.244. The van der Waals surface area contributed by atoms with Crippen LogP contribution >= 0.6 is 11.3 Å². The van der Waals surface area contributed by atoms with E-state index in [-0.39, 0.29) is 6.61 Å². The summed E-state index contributed by atoms with van der Waals surface area (Å²) >= 11 is 1.71. The summed E-state index contributed by atoms with van der Waals surface area (Å²) in [4.78, 5) is 13.9. The summed E-state index contributed by atoms with van der Waals surface area (Å²) in [5.41, 5.74) is 0. The van der Waals surface area contributed by atoms with Crippen LogP contribution in [0.25, 0.3) is 10.2 Å². The first-order valence-electron chi connectivity index (χ1n) is 7.53. The smallest absolute Gasteiger partial charge is 0.225 e. The second-order valence-electron chi connectivity index (χ2n) is 5.66. The Morgan fingerprint density at radius 1 is 1.48 bits per heavy atom. The van der Waals surface area contributed by atoms with Crippen molar-refractivity contribution in [1.29, 1.82) is 0 Å². The molecule has 0 bridgehead atoms. The Balaban J connectivity index is 1.97. The van der Waals surface area contributed by atoms with E-state index in [2.05, 4.69) is 28.2 Å². The number of nitrogens with zero attached hydrogens (tertiary/aromatic N) is 3. The van der Waals surface area contributed by atoms with E-state index in [0.717, 1.165) is 42.0 Å². The minimum atomic E-state index is 0.275. The molecule has 1 unspecified atom stereocenters. The van der Waals surface area contributed by atoms with Crippen molar-refractivity contribution in [2.24, 2.45) is 5.92 Å². The van der Waals surface area contributed by atoms with Crippen LogP contribution in [0.5, 0.6) is 0 Å². The lowest BCUT2D eigenvalue weighted by Crippen LogP contribution is -2.36. The van der Waals surface area contributed by atoms with Gasteiger partial charge in [-0.2, -0.15) is 4.98 Å². The number of hydrogen-bond donors (Lipinski definition) is 2. The quantitative estimate of drug-likeness (QED) is 0.909. The Hall–Kier alpha value is -1.40. The summed E-state index contributed by atoms with van der Waals surface area (Å²) in [5, 5.41) is 13.4. The minimum Gasteiger partial charge on any atom is -0.396 e. The van der Waals surface area contributed by atoms with Crippen LogP contribution in [0, 0.1) is 12.8 Å². The molecule has 0 aromatic carbocycles. The molecule has 2 aromatic heterocycles. The van der Waals surface area contributed by atoms with Gasteiger partial charge in [-0.15, -0.1) is 11.3 Å². The molecule has 5 nitrogen and oxygen atoms in total. The number of piperidine rings is 1. The molecule has 6 heteroatoms. The molecule has 1 aliphatic rings. The van der Waals surface area contributed by atoms with E-state index in [1.54, 1.807) is 11.3 Å². The number of hydrogen-bond acceptors (Lipinski definition) is 6. The monoisotopic (exact) mass is 306 g/mol. The van der Waals surface area contributed by atoms with Gasteiger partial charge in [0.15, 0.2) is 0 Å². The molecule has 21 heavy (non-hydrogen) atoms. The molecule has 1 saturated heterocycles. The first-order valence-corrected chi connectivity index (χ1v) is 8.34. The second kappa shape index (κ2) is 6.15. The number of rotatable bonds is 4. The Morgan fingerprint density at radius 2 is 2.33 bits per heavy atom. The SMILES string of the molecule is CNc1nc(N2CCCC(CCO)C2)c2cc(C)sc2n1. The zero-order chi connectivity index (χ0) is 14.8. The van der Waals surface area contributed by atoms with Gasteiger partial charge < -0.3 is 15.3 Å². The number of nitrogens with one attached hydrogen (secondary N) is 1. The molecule has 3 rings (SSSR count). The fourth-order valence-corrected chi connectivity index (χ4v) is 3.93. The van der Waals surface area contributed by atoms with E-state index in [4.69, 9.17) is 4.98 Å². The molecule has 2 N–H and O–H groups in total. The van der Waals surface area contributed by atoms with Gasteiger partial charge in [0.2, 0.25) is 5.95 Å². The molecule has 1 fully saturated rings. The number of aromatic nitrogens is 2. The second-order valence-corrected chi connectivity index (χ2v) is 6.90. The highest BCUT2D eigenvalue weighted by Gasteiger charge is 2.23. The summed E-state index contributed by atoms with van der Waals surface area (Å²) in [6.45, 7) is 4.40. The first-order chi connectivity index (χ1) is 10.2. The Bertz CT molecular complexity index is 625. The molecule has 3 heterocycles. The fourth-order valence-electron chi connectivity index (χ4n) is 3.06. The van der Waals surface area contributed by atoms with Crippen LogP contribution in [0.2, 0.25) is 0 Å². The van der Waals surface area contributed by atoms with Crippen LogP contribution in [0.1, 0.15) is 24.1 Å². The van der Waals surface area contributed by atoms with E-state index in [0.29, 0.717) is 11.9 Å². The van der Waals surface area contributed by atoms with Gasteiger partial charge in [0.1, 0.15) is 10.6 Å². The van der Waals surface area contributed by atoms with Crippen molar-refractivity contribution in [3.63, 3.8) is 0 Å². The van der Waals surface area contributed by atoms with Gasteiger partial charge in [-0.1, -0.05) is 0 Å². The number of aliphatic hydroxyl groups is 1. The molecular weight excluding hydrogens is 284 g/mol. The van der Waals surface area contributed by atoms with E-state index in [9.17, 15) is 5.11 Å². The topological polar surface area (TPSA) is 61.3 Å². The third-order valence-electron chi connectivity index (χ3n) is 4.08. The van der Waals surface area contributed by atoms with Crippen molar-refractivity contribution in [3.8, 4) is 0 Å². The minimum absolute atomic E-state index is 0.275. The average molecular weight is 306 g/mol. The fraction of sp³-hybridized carbons (Fsp3) is 0.600. The molecule has 0 spiro atoms. The van der Waals surface area contributed by atoms with E-state index in [1.165, 1.54) is 11.3 Å². The van der Waals surface area contributed by atoms with Crippen molar-refractivity contribution in [2.45, 2.75) is 26.2 Å². The summed E-state index contributed by atoms with van der Waals surface area (Å²) < 4.78 is 0. The van der Waals surface area contributed by atoms with Crippen LogP contribution in [-0.2, 0) is 0 Å². The highest BCUT2D eigenvalue weighted by atomic mass is 32.1. The van der Waals surface area contributed by atoms with Gasteiger partial charge in [0.25, 0.3) is 0 Å². The third-order valence-corrected chi connectivity index (χ3v) is 5.02. The van der Waals surface area contributed by atoms with Gasteiger partial charge in [-0.25, -0.2) is 4.98 Å². The predicted molar refractivity (Wildman–Crippen MR) is 88.3 cm³/mol. The van der Waals surface area contributed by atoms with Crippen molar-refractivity contribution in [1.82, 2.24) is 9.97 Å². The van der Waals surface area contributed by atoms with Gasteiger partial charge in [-0.05, 0) is 38.2 Å². The molecule has 1 aliphatic heterocycles. The van der Waals surface area contributed by atoms with Crippen LogP contribution in [0.3, 0.4) is 0 Å². The van der Waals surface area contributed by atoms with Crippen LogP contribution in [0.15, 0.2) is 6.07 Å². The summed E-state index contributed by atoms with van der Waals surface area (Å²) in [6, 6.07) is 2.18. The van der Waals surface area contributed by atoms with E-state index in [1.807, 2.05) is 7.05 Å². The maximum Gasteiger partial charge on any atom is 0.225 e. The summed E-state index contributed by atoms with van der Waals surface area (Å²) in [5.74, 6) is 2.28. The number of thiophene rings is 1. The van der Waals surface area contributed by atoms with Gasteiger partial charge in [-0.3, -0.25) is 0 Å². The van der Waals surface area contributed by atoms with Crippen molar-refractivity contribution in [2.75, 3.05) is 37.0 Å². The average Bonchev–Trinajstić information content (AvgIpc) is 2.86. The van der Waals surface area contributed by atoms with Gasteiger partial charge in [0, 0.05) is 31.6 Å². The van der Waals surface area contributed by atoms with Crippen LogP contribution in [-0.4, -0.2) is 41.8 Å². The molecule has 2 aromatic rings. The lowest BCUT2D eigenvalue weighted by Gasteiger charge is -2.33. The lowest BCUT2D eigenvalue weighted by atomic mass is 9.95. The zero-order valence-corrected chi connectivity index (χ0v) is 13.4. The standard InChI is InChI=1S/C15H22N4OS/c1-10-8-12-13(17-15(16-2)18-14(12)21-10)19-6-3-4-11(9-19)5-7-20/h8,11,20H,3-7,9H2,1-2H3,(H,16,17,18). The number of aryl methyl sites for hydroxylation is 1. The largest absolute Gasteiger partial charge is 0.396 e. The maximum atomic E-state index is 9.18. The molecule has 0 amide bonds.